The van der Waals surface area contributed by atoms with Crippen LogP contribution < -0.4 is 5.32 Å². The van der Waals surface area contributed by atoms with Gasteiger partial charge in [-0.3, -0.25) is 4.79 Å². The van der Waals surface area contributed by atoms with E-state index in [1.165, 1.54) is 16.6 Å². The summed E-state index contributed by atoms with van der Waals surface area (Å²) in [6.45, 7) is 1.63. The fraction of sp³-hybridized carbons (Fsp3) is 0.286. The SMILES string of the molecule is O=C(CCc1ccccc1)NCCCc1nc2ccccc2n1CCCc1ccccc1. The summed E-state index contributed by atoms with van der Waals surface area (Å²) in [5.41, 5.74) is 4.82. The van der Waals surface area contributed by atoms with E-state index >= 15 is 0 Å². The van der Waals surface area contributed by atoms with Crippen LogP contribution in [0.15, 0.2) is 84.9 Å². The van der Waals surface area contributed by atoms with Gasteiger partial charge in [0, 0.05) is 25.9 Å². The summed E-state index contributed by atoms with van der Waals surface area (Å²) in [5.74, 6) is 1.23. The van der Waals surface area contributed by atoms with Crippen molar-refractivity contribution in [1.29, 1.82) is 0 Å². The maximum Gasteiger partial charge on any atom is 0.220 e. The number of aryl methyl sites for hydroxylation is 4. The van der Waals surface area contributed by atoms with Crippen LogP contribution in [-0.4, -0.2) is 22.0 Å². The van der Waals surface area contributed by atoms with Crippen LogP contribution in [0.3, 0.4) is 0 Å². The Bertz CT molecular complexity index is 1120. The number of nitrogens with one attached hydrogen (secondary N) is 1. The second-order valence-corrected chi connectivity index (χ2v) is 8.20. The van der Waals surface area contributed by atoms with Gasteiger partial charge in [-0.05, 0) is 48.9 Å². The number of rotatable bonds is 11. The van der Waals surface area contributed by atoms with Gasteiger partial charge >= 0.3 is 0 Å². The van der Waals surface area contributed by atoms with Gasteiger partial charge in [0.15, 0.2) is 0 Å². The van der Waals surface area contributed by atoms with Crippen LogP contribution in [0.2, 0.25) is 0 Å². The third kappa shape index (κ3) is 6.07. The zero-order chi connectivity index (χ0) is 22.0. The number of para-hydroxylation sites is 2. The first-order valence-electron chi connectivity index (χ1n) is 11.6. The van der Waals surface area contributed by atoms with Crippen molar-refractivity contribution in [2.24, 2.45) is 0 Å². The molecule has 0 aliphatic carbocycles. The van der Waals surface area contributed by atoms with Crippen molar-refractivity contribution in [1.82, 2.24) is 14.9 Å². The van der Waals surface area contributed by atoms with E-state index in [1.54, 1.807) is 0 Å². The average molecular weight is 426 g/mol. The molecule has 0 saturated carbocycles. The standard InChI is InChI=1S/C28H31N3O/c32-28(20-19-24-13-5-2-6-14-24)29-21-9-18-27-30-25-16-7-8-17-26(25)31(27)22-10-15-23-11-3-1-4-12-23/h1-8,11-14,16-17H,9-10,15,18-22H2,(H,29,32). The van der Waals surface area contributed by atoms with E-state index in [0.29, 0.717) is 13.0 Å². The maximum absolute atomic E-state index is 12.2. The third-order valence-electron chi connectivity index (χ3n) is 5.81. The van der Waals surface area contributed by atoms with Gasteiger partial charge in [-0.1, -0.05) is 72.8 Å². The predicted molar refractivity (Wildman–Crippen MR) is 131 cm³/mol. The minimum absolute atomic E-state index is 0.116. The van der Waals surface area contributed by atoms with Crippen LogP contribution >= 0.6 is 0 Å². The van der Waals surface area contributed by atoms with Gasteiger partial charge in [0.05, 0.1) is 11.0 Å². The fourth-order valence-electron chi connectivity index (χ4n) is 4.12. The van der Waals surface area contributed by atoms with Gasteiger partial charge in [0.25, 0.3) is 0 Å². The number of carbonyl (C=O) groups excluding carboxylic acids is 1. The average Bonchev–Trinajstić information content (AvgIpc) is 3.19. The molecule has 3 aromatic carbocycles. The van der Waals surface area contributed by atoms with E-state index in [0.717, 1.165) is 50.0 Å². The maximum atomic E-state index is 12.2. The van der Waals surface area contributed by atoms with Crippen LogP contribution in [0.25, 0.3) is 11.0 Å². The molecule has 1 heterocycles. The highest BCUT2D eigenvalue weighted by molar-refractivity contribution is 5.76. The summed E-state index contributed by atoms with van der Waals surface area (Å²) in [4.78, 5) is 17.1. The molecule has 4 nitrogen and oxygen atoms in total. The highest BCUT2D eigenvalue weighted by Crippen LogP contribution is 2.18. The van der Waals surface area contributed by atoms with Gasteiger partial charge in [-0.2, -0.15) is 0 Å². The molecule has 32 heavy (non-hydrogen) atoms. The lowest BCUT2D eigenvalue weighted by atomic mass is 10.1. The molecule has 4 rings (SSSR count). The van der Waals surface area contributed by atoms with Crippen molar-refractivity contribution < 1.29 is 4.79 Å². The number of amides is 1. The van der Waals surface area contributed by atoms with Crippen molar-refractivity contribution in [3.63, 3.8) is 0 Å². The minimum atomic E-state index is 0.116. The number of nitrogens with zero attached hydrogens (tertiary/aromatic N) is 2. The quantitative estimate of drug-likeness (QED) is 0.329. The smallest absolute Gasteiger partial charge is 0.220 e. The predicted octanol–water partition coefficient (Wildman–Crippen LogP) is 5.35. The van der Waals surface area contributed by atoms with Crippen LogP contribution in [0.5, 0.6) is 0 Å². The topological polar surface area (TPSA) is 46.9 Å². The van der Waals surface area contributed by atoms with Crippen LogP contribution in [-0.2, 0) is 30.6 Å². The Labute approximate surface area is 190 Å². The van der Waals surface area contributed by atoms with Gasteiger partial charge in [0.2, 0.25) is 5.91 Å². The zero-order valence-electron chi connectivity index (χ0n) is 18.5. The molecule has 0 bridgehead atoms. The summed E-state index contributed by atoms with van der Waals surface area (Å²) < 4.78 is 2.36. The van der Waals surface area contributed by atoms with Crippen LogP contribution in [0.1, 0.15) is 36.2 Å². The third-order valence-corrected chi connectivity index (χ3v) is 5.81. The normalized spacial score (nSPS) is 11.0. The van der Waals surface area contributed by atoms with Gasteiger partial charge in [0.1, 0.15) is 5.82 Å². The van der Waals surface area contributed by atoms with E-state index in [1.807, 2.05) is 24.3 Å². The second kappa shape index (κ2) is 11.3. The fourth-order valence-corrected chi connectivity index (χ4v) is 4.12. The molecule has 0 aliphatic rings. The molecule has 1 aromatic heterocycles. The number of benzene rings is 3. The highest BCUT2D eigenvalue weighted by Gasteiger charge is 2.10. The van der Waals surface area contributed by atoms with Crippen molar-refractivity contribution in [3.05, 3.63) is 102 Å². The van der Waals surface area contributed by atoms with Crippen molar-refractivity contribution in [3.8, 4) is 0 Å². The van der Waals surface area contributed by atoms with E-state index in [9.17, 15) is 4.79 Å². The summed E-state index contributed by atoms with van der Waals surface area (Å²) in [6.07, 6.45) is 5.20. The molecule has 1 amide bonds. The zero-order valence-corrected chi connectivity index (χ0v) is 18.5. The number of hydrogen-bond acceptors (Lipinski definition) is 2. The molecular weight excluding hydrogens is 394 g/mol. The summed E-state index contributed by atoms with van der Waals surface area (Å²) in [7, 11) is 0. The first-order valence-corrected chi connectivity index (χ1v) is 11.6. The summed E-state index contributed by atoms with van der Waals surface area (Å²) >= 11 is 0. The number of imidazole rings is 1. The Balaban J connectivity index is 1.28. The highest BCUT2D eigenvalue weighted by atomic mass is 16.1. The van der Waals surface area contributed by atoms with Gasteiger partial charge in [-0.15, -0.1) is 0 Å². The summed E-state index contributed by atoms with van der Waals surface area (Å²) in [6, 6.07) is 29.1. The molecule has 0 radical (unpaired) electrons. The van der Waals surface area contributed by atoms with Crippen molar-refractivity contribution in [2.75, 3.05) is 6.54 Å². The monoisotopic (exact) mass is 425 g/mol. The molecule has 4 heteroatoms. The summed E-state index contributed by atoms with van der Waals surface area (Å²) in [5, 5.41) is 3.07. The largest absolute Gasteiger partial charge is 0.356 e. The van der Waals surface area contributed by atoms with Crippen LogP contribution in [0, 0.1) is 0 Å². The lowest BCUT2D eigenvalue weighted by molar-refractivity contribution is -0.121. The molecule has 1 N–H and O–H groups in total. The lowest BCUT2D eigenvalue weighted by Crippen LogP contribution is -2.25. The first-order chi connectivity index (χ1) is 15.8. The molecule has 0 saturated heterocycles. The number of hydrogen-bond donors (Lipinski definition) is 1. The Kier molecular flexibility index (Phi) is 7.69. The van der Waals surface area contributed by atoms with E-state index in [2.05, 4.69) is 70.5 Å². The molecule has 4 aromatic rings. The van der Waals surface area contributed by atoms with E-state index in [-0.39, 0.29) is 5.91 Å². The van der Waals surface area contributed by atoms with Crippen LogP contribution in [0.4, 0.5) is 0 Å². The minimum Gasteiger partial charge on any atom is -0.356 e. The Hall–Kier alpha value is -3.40. The Morgan fingerprint density at radius 2 is 1.41 bits per heavy atom. The Morgan fingerprint density at radius 1 is 0.750 bits per heavy atom. The van der Waals surface area contributed by atoms with Crippen molar-refractivity contribution >= 4 is 16.9 Å². The molecule has 0 fully saturated rings. The van der Waals surface area contributed by atoms with E-state index < -0.39 is 0 Å². The first kappa shape index (κ1) is 21.8. The molecule has 164 valence electrons. The Morgan fingerprint density at radius 3 is 2.16 bits per heavy atom. The van der Waals surface area contributed by atoms with Gasteiger partial charge in [-0.25, -0.2) is 4.98 Å². The van der Waals surface area contributed by atoms with Crippen molar-refractivity contribution in [2.45, 2.75) is 45.1 Å². The molecule has 0 atom stereocenters. The number of aromatic nitrogens is 2. The number of fused-ring (bicyclic) bond motifs is 1. The van der Waals surface area contributed by atoms with Gasteiger partial charge < -0.3 is 9.88 Å². The second-order valence-electron chi connectivity index (χ2n) is 8.20. The lowest BCUT2D eigenvalue weighted by Gasteiger charge is -2.10. The molecule has 0 aliphatic heterocycles. The number of carbonyl (C=O) groups is 1. The van der Waals surface area contributed by atoms with E-state index in [4.69, 9.17) is 4.98 Å². The molecule has 0 spiro atoms. The molecule has 0 unspecified atom stereocenters. The molecular formula is C28H31N3O.